The Kier molecular flexibility index (Phi) is 7.65. The molecule has 0 spiro atoms. The Morgan fingerprint density at radius 1 is 1.35 bits per heavy atom. The zero-order valence-electron chi connectivity index (χ0n) is 15.2. The second-order valence-electron chi connectivity index (χ2n) is 6.49. The lowest BCUT2D eigenvalue weighted by Gasteiger charge is -2.30. The van der Waals surface area contributed by atoms with Gasteiger partial charge in [-0.1, -0.05) is 32.9 Å². The number of hydrogen-bond donors (Lipinski definition) is 0. The third-order valence-corrected chi connectivity index (χ3v) is 4.29. The van der Waals surface area contributed by atoms with Crippen LogP contribution in [0.25, 0.3) is 0 Å². The second kappa shape index (κ2) is 9.05. The monoisotopic (exact) mass is 379 g/mol. The number of imide groups is 1. The number of alkyl halides is 3. The van der Waals surface area contributed by atoms with Crippen LogP contribution >= 0.6 is 0 Å². The number of ether oxygens (including phenoxy) is 2. The zero-order chi connectivity index (χ0) is 20.1. The number of allylic oxidation sites excluding steroid dienone is 1. The highest BCUT2D eigenvalue weighted by atomic mass is 19.4. The van der Waals surface area contributed by atoms with Crippen LogP contribution in [-0.2, 0) is 19.1 Å². The Bertz CT molecular complexity index is 559. The molecule has 1 aliphatic rings. The summed E-state index contributed by atoms with van der Waals surface area (Å²) in [4.78, 5) is 36.8. The van der Waals surface area contributed by atoms with Gasteiger partial charge in [-0.15, -0.1) is 0 Å². The van der Waals surface area contributed by atoms with Crippen molar-refractivity contribution in [3.05, 3.63) is 12.2 Å². The molecule has 0 aliphatic carbocycles. The van der Waals surface area contributed by atoms with E-state index in [0.29, 0.717) is 0 Å². The summed E-state index contributed by atoms with van der Waals surface area (Å²) in [5, 5.41) is 0. The number of rotatable bonds is 7. The fourth-order valence-electron chi connectivity index (χ4n) is 2.62. The number of amides is 2. The first kappa shape index (κ1) is 22.0. The molecule has 0 saturated carbocycles. The number of cyclic esters (lactones) is 1. The van der Waals surface area contributed by atoms with Crippen LogP contribution in [0.2, 0.25) is 0 Å². The molecular weight excluding hydrogens is 355 g/mol. The van der Waals surface area contributed by atoms with Crippen molar-refractivity contribution < 1.29 is 37.0 Å². The van der Waals surface area contributed by atoms with E-state index in [1.165, 1.54) is 6.08 Å². The summed E-state index contributed by atoms with van der Waals surface area (Å²) in [6.45, 7) is 6.00. The molecule has 3 atom stereocenters. The van der Waals surface area contributed by atoms with E-state index in [9.17, 15) is 27.6 Å². The summed E-state index contributed by atoms with van der Waals surface area (Å²) in [6, 6.07) is -0.632. The summed E-state index contributed by atoms with van der Waals surface area (Å²) in [5.74, 6) is -6.12. The molecule has 1 heterocycles. The SMILES string of the molecule is C/C=C/COC(=O)C[C@H]([C@@H](C)C(=O)N1C(=O)OC[C@@H]1C(C)C)C(F)(F)F. The molecule has 0 bridgehead atoms. The van der Waals surface area contributed by atoms with Crippen LogP contribution < -0.4 is 0 Å². The topological polar surface area (TPSA) is 72.9 Å². The van der Waals surface area contributed by atoms with Crippen LogP contribution in [0.3, 0.4) is 0 Å². The van der Waals surface area contributed by atoms with Gasteiger partial charge < -0.3 is 9.47 Å². The number of nitrogens with zero attached hydrogens (tertiary/aromatic N) is 1. The number of hydrogen-bond acceptors (Lipinski definition) is 5. The predicted octanol–water partition coefficient (Wildman–Crippen LogP) is 3.31. The van der Waals surface area contributed by atoms with Crippen molar-refractivity contribution in [2.24, 2.45) is 17.8 Å². The fraction of sp³-hybridized carbons (Fsp3) is 0.706. The van der Waals surface area contributed by atoms with Gasteiger partial charge in [0.05, 0.1) is 18.4 Å². The van der Waals surface area contributed by atoms with Gasteiger partial charge in [0, 0.05) is 5.92 Å². The summed E-state index contributed by atoms with van der Waals surface area (Å²) in [7, 11) is 0. The molecule has 0 aromatic heterocycles. The Morgan fingerprint density at radius 2 is 1.96 bits per heavy atom. The number of carbonyl (C=O) groups excluding carboxylic acids is 3. The Hall–Kier alpha value is -2.06. The maximum atomic E-state index is 13.4. The van der Waals surface area contributed by atoms with Crippen LogP contribution in [0.4, 0.5) is 18.0 Å². The Morgan fingerprint density at radius 3 is 2.46 bits per heavy atom. The first-order valence-electron chi connectivity index (χ1n) is 8.34. The second-order valence-corrected chi connectivity index (χ2v) is 6.49. The van der Waals surface area contributed by atoms with Gasteiger partial charge in [0.1, 0.15) is 13.2 Å². The quantitative estimate of drug-likeness (QED) is 0.501. The highest BCUT2D eigenvalue weighted by molar-refractivity contribution is 5.95. The van der Waals surface area contributed by atoms with Crippen molar-refractivity contribution in [1.82, 2.24) is 4.90 Å². The van der Waals surface area contributed by atoms with E-state index < -0.39 is 48.4 Å². The molecule has 6 nitrogen and oxygen atoms in total. The van der Waals surface area contributed by atoms with Gasteiger partial charge in [-0.2, -0.15) is 13.2 Å². The molecule has 0 N–H and O–H groups in total. The molecule has 2 amide bonds. The lowest BCUT2D eigenvalue weighted by molar-refractivity contribution is -0.198. The van der Waals surface area contributed by atoms with Crippen LogP contribution in [0.15, 0.2) is 12.2 Å². The van der Waals surface area contributed by atoms with E-state index in [1.807, 2.05) is 0 Å². The summed E-state index contributed by atoms with van der Waals surface area (Å²) in [6.07, 6.45) is -3.69. The molecule has 0 aromatic rings. The Labute approximate surface area is 150 Å². The highest BCUT2D eigenvalue weighted by Gasteiger charge is 2.50. The van der Waals surface area contributed by atoms with Crippen molar-refractivity contribution in [3.8, 4) is 0 Å². The van der Waals surface area contributed by atoms with Crippen LogP contribution in [0, 0.1) is 17.8 Å². The van der Waals surface area contributed by atoms with Crippen molar-refractivity contribution >= 4 is 18.0 Å². The molecule has 1 rings (SSSR count). The molecular formula is C17H24F3NO5. The first-order valence-corrected chi connectivity index (χ1v) is 8.34. The molecule has 0 aromatic carbocycles. The maximum absolute atomic E-state index is 13.4. The van der Waals surface area contributed by atoms with E-state index in [4.69, 9.17) is 9.47 Å². The van der Waals surface area contributed by atoms with Crippen molar-refractivity contribution in [3.63, 3.8) is 0 Å². The molecule has 9 heteroatoms. The van der Waals surface area contributed by atoms with E-state index in [1.54, 1.807) is 26.8 Å². The van der Waals surface area contributed by atoms with Crippen LogP contribution in [-0.4, -0.2) is 48.3 Å². The van der Waals surface area contributed by atoms with Gasteiger partial charge in [0.25, 0.3) is 0 Å². The van der Waals surface area contributed by atoms with Crippen molar-refractivity contribution in [1.29, 1.82) is 0 Å². The molecule has 1 saturated heterocycles. The minimum atomic E-state index is -4.80. The molecule has 0 radical (unpaired) electrons. The Balaban J connectivity index is 2.94. The van der Waals surface area contributed by atoms with Crippen molar-refractivity contribution in [2.45, 2.75) is 46.3 Å². The normalized spacial score (nSPS) is 20.4. The molecule has 26 heavy (non-hydrogen) atoms. The van der Waals surface area contributed by atoms with E-state index in [2.05, 4.69) is 0 Å². The fourth-order valence-corrected chi connectivity index (χ4v) is 2.62. The number of halogens is 3. The third-order valence-electron chi connectivity index (χ3n) is 4.29. The largest absolute Gasteiger partial charge is 0.461 e. The lowest BCUT2D eigenvalue weighted by Crippen LogP contribution is -2.48. The van der Waals surface area contributed by atoms with Gasteiger partial charge in [0.2, 0.25) is 5.91 Å². The molecule has 1 fully saturated rings. The minimum absolute atomic E-state index is 0.0585. The third kappa shape index (κ3) is 5.47. The summed E-state index contributed by atoms with van der Waals surface area (Å²) in [5.41, 5.74) is 0. The summed E-state index contributed by atoms with van der Waals surface area (Å²) < 4.78 is 49.7. The van der Waals surface area contributed by atoms with Crippen LogP contribution in [0.5, 0.6) is 0 Å². The highest BCUT2D eigenvalue weighted by Crippen LogP contribution is 2.37. The van der Waals surface area contributed by atoms with Crippen LogP contribution in [0.1, 0.15) is 34.1 Å². The van der Waals surface area contributed by atoms with E-state index in [0.717, 1.165) is 11.8 Å². The first-order chi connectivity index (χ1) is 12.0. The van der Waals surface area contributed by atoms with E-state index >= 15 is 0 Å². The summed E-state index contributed by atoms with van der Waals surface area (Å²) >= 11 is 0. The van der Waals surface area contributed by atoms with Gasteiger partial charge in [-0.3, -0.25) is 9.59 Å². The van der Waals surface area contributed by atoms with Crippen molar-refractivity contribution in [2.75, 3.05) is 13.2 Å². The van der Waals surface area contributed by atoms with Gasteiger partial charge in [0.15, 0.2) is 0 Å². The lowest BCUT2D eigenvalue weighted by atomic mass is 9.88. The zero-order valence-corrected chi connectivity index (χ0v) is 15.2. The van der Waals surface area contributed by atoms with Gasteiger partial charge in [-0.25, -0.2) is 9.69 Å². The molecule has 148 valence electrons. The average Bonchev–Trinajstić information content (AvgIpc) is 2.92. The standard InChI is InChI=1S/C17H24F3NO5/c1-5-6-7-25-14(22)8-12(17(18,19)20)11(4)15(23)21-13(10(2)3)9-26-16(21)24/h5-6,10-13H,7-9H2,1-4H3/b6-5+/t11-,12-,13-/m1/s1. The average molecular weight is 379 g/mol. The molecule has 0 unspecified atom stereocenters. The van der Waals surface area contributed by atoms with E-state index in [-0.39, 0.29) is 19.1 Å². The minimum Gasteiger partial charge on any atom is -0.461 e. The van der Waals surface area contributed by atoms with Gasteiger partial charge in [-0.05, 0) is 12.8 Å². The maximum Gasteiger partial charge on any atom is 0.416 e. The predicted molar refractivity (Wildman–Crippen MR) is 85.9 cm³/mol. The smallest absolute Gasteiger partial charge is 0.416 e. The molecule has 1 aliphatic heterocycles. The number of carbonyl (C=O) groups is 3. The number of esters is 1. The van der Waals surface area contributed by atoms with Gasteiger partial charge >= 0.3 is 18.2 Å².